The predicted octanol–water partition coefficient (Wildman–Crippen LogP) is 0.843. The first kappa shape index (κ1) is 17.5. The molecule has 1 aromatic carbocycles. The topological polar surface area (TPSA) is 111 Å². The molecule has 2 aliphatic heterocycles. The standard InChI is InChI=1S/C19H20N4O5/c1-10-21-17-14(18(25)22-10)20-9-23(17)12-7-26-13-8-27-19(28-16(13)15(12)24)11-5-3-2-4-6-11/h2-6,9,12-13,15-16,19,24H,7-8H2,1H3,(H,21,22,25). The van der Waals surface area contributed by atoms with Gasteiger partial charge in [0.1, 0.15) is 24.1 Å². The van der Waals surface area contributed by atoms with Crippen LogP contribution in [-0.4, -0.2) is 56.2 Å². The summed E-state index contributed by atoms with van der Waals surface area (Å²) in [6, 6.07) is 9.10. The summed E-state index contributed by atoms with van der Waals surface area (Å²) in [7, 11) is 0. The van der Waals surface area contributed by atoms with Crippen molar-refractivity contribution in [3.8, 4) is 0 Å². The molecule has 2 fully saturated rings. The van der Waals surface area contributed by atoms with Crippen LogP contribution < -0.4 is 5.56 Å². The van der Waals surface area contributed by atoms with Gasteiger partial charge in [-0.3, -0.25) is 4.79 Å². The summed E-state index contributed by atoms with van der Waals surface area (Å²) >= 11 is 0. The summed E-state index contributed by atoms with van der Waals surface area (Å²) in [6.45, 7) is 2.27. The Hall–Kier alpha value is -2.59. The lowest BCUT2D eigenvalue weighted by Crippen LogP contribution is -2.56. The average molecular weight is 384 g/mol. The number of rotatable bonds is 2. The lowest BCUT2D eigenvalue weighted by molar-refractivity contribution is -0.306. The molecule has 9 heteroatoms. The molecule has 2 saturated heterocycles. The number of aromatic nitrogens is 4. The highest BCUT2D eigenvalue weighted by molar-refractivity contribution is 5.69. The van der Waals surface area contributed by atoms with Gasteiger partial charge in [-0.15, -0.1) is 0 Å². The van der Waals surface area contributed by atoms with Gasteiger partial charge in [-0.25, -0.2) is 9.97 Å². The molecule has 146 valence electrons. The maximum Gasteiger partial charge on any atom is 0.279 e. The first-order valence-corrected chi connectivity index (χ1v) is 9.17. The largest absolute Gasteiger partial charge is 0.388 e. The van der Waals surface area contributed by atoms with Crippen molar-refractivity contribution in [2.75, 3.05) is 13.2 Å². The molecule has 28 heavy (non-hydrogen) atoms. The number of nitrogens with one attached hydrogen (secondary N) is 1. The molecule has 9 nitrogen and oxygen atoms in total. The zero-order chi connectivity index (χ0) is 19.3. The Labute approximate surface area is 159 Å². The SMILES string of the molecule is Cc1nc2c(ncn2C2COC3COC(c4ccccc4)OC3C2O)c(=O)[nH]1. The highest BCUT2D eigenvalue weighted by Crippen LogP contribution is 2.35. The second kappa shape index (κ2) is 6.78. The minimum absolute atomic E-state index is 0.231. The van der Waals surface area contributed by atoms with E-state index in [0.29, 0.717) is 18.1 Å². The molecule has 0 amide bonds. The third-order valence-corrected chi connectivity index (χ3v) is 5.25. The number of benzene rings is 1. The molecule has 5 atom stereocenters. The van der Waals surface area contributed by atoms with Crippen LogP contribution in [0.15, 0.2) is 41.5 Å². The number of hydrogen-bond donors (Lipinski definition) is 2. The van der Waals surface area contributed by atoms with Crippen molar-refractivity contribution < 1.29 is 19.3 Å². The summed E-state index contributed by atoms with van der Waals surface area (Å²) in [6.07, 6.45) is -0.857. The lowest BCUT2D eigenvalue weighted by Gasteiger charge is -2.45. The van der Waals surface area contributed by atoms with Gasteiger partial charge < -0.3 is 28.9 Å². The van der Waals surface area contributed by atoms with Gasteiger partial charge in [0.05, 0.1) is 25.6 Å². The van der Waals surface area contributed by atoms with Gasteiger partial charge in [-0.05, 0) is 6.92 Å². The third kappa shape index (κ3) is 2.83. The van der Waals surface area contributed by atoms with Crippen LogP contribution in [0.1, 0.15) is 23.7 Å². The quantitative estimate of drug-likeness (QED) is 0.673. The molecule has 0 aliphatic carbocycles. The molecule has 5 unspecified atom stereocenters. The number of aliphatic hydroxyl groups excluding tert-OH is 1. The predicted molar refractivity (Wildman–Crippen MR) is 97.7 cm³/mol. The Bertz CT molecular complexity index is 1050. The minimum Gasteiger partial charge on any atom is -0.388 e. The van der Waals surface area contributed by atoms with Crippen LogP contribution in [0.2, 0.25) is 0 Å². The molecular formula is C19H20N4O5. The summed E-state index contributed by atoms with van der Waals surface area (Å²) < 4.78 is 19.4. The summed E-state index contributed by atoms with van der Waals surface area (Å²) in [4.78, 5) is 23.3. The number of aromatic amines is 1. The fourth-order valence-electron chi connectivity index (χ4n) is 3.84. The van der Waals surface area contributed by atoms with Crippen LogP contribution in [-0.2, 0) is 14.2 Å². The second-order valence-electron chi connectivity index (χ2n) is 7.08. The van der Waals surface area contributed by atoms with Crippen LogP contribution in [0, 0.1) is 6.92 Å². The zero-order valence-corrected chi connectivity index (χ0v) is 15.2. The van der Waals surface area contributed by atoms with Gasteiger partial charge in [0.2, 0.25) is 0 Å². The number of aliphatic hydroxyl groups is 1. The molecule has 2 N–H and O–H groups in total. The Balaban J connectivity index is 1.45. The van der Waals surface area contributed by atoms with Crippen molar-refractivity contribution in [3.05, 3.63) is 58.4 Å². The molecule has 3 aromatic rings. The molecule has 0 radical (unpaired) electrons. The maximum absolute atomic E-state index is 12.1. The summed E-state index contributed by atoms with van der Waals surface area (Å²) in [5.41, 5.74) is 1.22. The second-order valence-corrected chi connectivity index (χ2v) is 7.08. The molecule has 5 rings (SSSR count). The van der Waals surface area contributed by atoms with E-state index in [-0.39, 0.29) is 23.8 Å². The monoisotopic (exact) mass is 384 g/mol. The van der Waals surface area contributed by atoms with Gasteiger partial charge >= 0.3 is 0 Å². The van der Waals surface area contributed by atoms with Crippen molar-refractivity contribution in [1.82, 2.24) is 19.5 Å². The Kier molecular flexibility index (Phi) is 4.24. The zero-order valence-electron chi connectivity index (χ0n) is 15.2. The number of ether oxygens (including phenoxy) is 3. The number of hydrogen-bond acceptors (Lipinski definition) is 7. The van der Waals surface area contributed by atoms with Gasteiger partial charge in [0, 0.05) is 5.56 Å². The van der Waals surface area contributed by atoms with Gasteiger partial charge in [0.15, 0.2) is 17.5 Å². The Morgan fingerprint density at radius 2 is 2.04 bits per heavy atom. The van der Waals surface area contributed by atoms with Crippen LogP contribution in [0.4, 0.5) is 0 Å². The highest BCUT2D eigenvalue weighted by Gasteiger charge is 2.46. The fraction of sp³-hybridized carbons (Fsp3) is 0.421. The summed E-state index contributed by atoms with van der Waals surface area (Å²) in [5.74, 6) is 0.481. The maximum atomic E-state index is 12.1. The van der Waals surface area contributed by atoms with Crippen LogP contribution in [0.25, 0.3) is 11.2 Å². The molecule has 2 aromatic heterocycles. The van der Waals surface area contributed by atoms with E-state index in [1.165, 1.54) is 6.33 Å². The van der Waals surface area contributed by atoms with E-state index in [4.69, 9.17) is 14.2 Å². The molecule has 4 heterocycles. The van der Waals surface area contributed by atoms with E-state index < -0.39 is 24.5 Å². The number of aryl methyl sites for hydroxylation is 1. The van der Waals surface area contributed by atoms with Gasteiger partial charge in [-0.1, -0.05) is 30.3 Å². The minimum atomic E-state index is -0.868. The fourth-order valence-corrected chi connectivity index (χ4v) is 3.84. The van der Waals surface area contributed by atoms with Crippen LogP contribution in [0.5, 0.6) is 0 Å². The van der Waals surface area contributed by atoms with E-state index >= 15 is 0 Å². The van der Waals surface area contributed by atoms with Crippen molar-refractivity contribution in [1.29, 1.82) is 0 Å². The van der Waals surface area contributed by atoms with Crippen molar-refractivity contribution in [2.24, 2.45) is 0 Å². The molecule has 2 aliphatic rings. The Morgan fingerprint density at radius 1 is 1.21 bits per heavy atom. The first-order valence-electron chi connectivity index (χ1n) is 9.17. The normalized spacial score (nSPS) is 30.3. The van der Waals surface area contributed by atoms with E-state index in [0.717, 1.165) is 5.56 Å². The van der Waals surface area contributed by atoms with Crippen LogP contribution >= 0.6 is 0 Å². The van der Waals surface area contributed by atoms with E-state index in [1.54, 1.807) is 11.5 Å². The number of H-pyrrole nitrogens is 1. The van der Waals surface area contributed by atoms with Gasteiger partial charge in [-0.2, -0.15) is 0 Å². The van der Waals surface area contributed by atoms with Crippen molar-refractivity contribution >= 4 is 11.2 Å². The highest BCUT2D eigenvalue weighted by atomic mass is 16.7. The number of imidazole rings is 1. The van der Waals surface area contributed by atoms with Crippen LogP contribution in [0.3, 0.4) is 0 Å². The van der Waals surface area contributed by atoms with E-state index in [2.05, 4.69) is 15.0 Å². The third-order valence-electron chi connectivity index (χ3n) is 5.25. The van der Waals surface area contributed by atoms with Crippen molar-refractivity contribution in [3.63, 3.8) is 0 Å². The lowest BCUT2D eigenvalue weighted by atomic mass is 9.97. The Morgan fingerprint density at radius 3 is 2.86 bits per heavy atom. The first-order chi connectivity index (χ1) is 13.6. The smallest absolute Gasteiger partial charge is 0.279 e. The average Bonchev–Trinajstić information content (AvgIpc) is 3.13. The summed E-state index contributed by atoms with van der Waals surface area (Å²) in [5, 5.41) is 11.1. The number of nitrogens with zero attached hydrogens (tertiary/aromatic N) is 3. The molecule has 0 spiro atoms. The number of fused-ring (bicyclic) bond motifs is 2. The van der Waals surface area contributed by atoms with Crippen molar-refractivity contribution in [2.45, 2.75) is 37.6 Å². The van der Waals surface area contributed by atoms with E-state index in [9.17, 15) is 9.90 Å². The molecule has 0 bridgehead atoms. The molecule has 0 saturated carbocycles. The van der Waals surface area contributed by atoms with Gasteiger partial charge in [0.25, 0.3) is 5.56 Å². The molecular weight excluding hydrogens is 364 g/mol. The van der Waals surface area contributed by atoms with E-state index in [1.807, 2.05) is 30.3 Å².